The van der Waals surface area contributed by atoms with Gasteiger partial charge in [0.2, 0.25) is 5.95 Å². The summed E-state index contributed by atoms with van der Waals surface area (Å²) in [4.78, 5) is 26.8. The molecular weight excluding hydrogens is 418 g/mol. The summed E-state index contributed by atoms with van der Waals surface area (Å²) in [5.74, 6) is 1.53. The quantitative estimate of drug-likeness (QED) is 0.248. The molecule has 3 heterocycles. The van der Waals surface area contributed by atoms with E-state index in [9.17, 15) is 4.79 Å². The van der Waals surface area contributed by atoms with Crippen molar-refractivity contribution in [3.05, 3.63) is 72.2 Å². The molecule has 0 spiro atoms. The van der Waals surface area contributed by atoms with Gasteiger partial charge in [-0.3, -0.25) is 4.79 Å². The lowest BCUT2D eigenvalue weighted by Gasteiger charge is -2.09. The Balaban J connectivity index is 1.27. The van der Waals surface area contributed by atoms with Gasteiger partial charge in [-0.15, -0.1) is 0 Å². The molecular formula is C24H23N7O2. The molecule has 0 unspecified atom stereocenters. The second-order valence-corrected chi connectivity index (χ2v) is 7.62. The van der Waals surface area contributed by atoms with Crippen molar-refractivity contribution >= 4 is 45.2 Å². The van der Waals surface area contributed by atoms with E-state index >= 15 is 0 Å². The molecule has 6 N–H and O–H groups in total. The van der Waals surface area contributed by atoms with Crippen molar-refractivity contribution in [2.24, 2.45) is 5.73 Å². The molecule has 0 aliphatic carbocycles. The van der Waals surface area contributed by atoms with E-state index in [2.05, 4.69) is 30.6 Å². The minimum absolute atomic E-state index is 0.452. The minimum atomic E-state index is -0.472. The van der Waals surface area contributed by atoms with Crippen molar-refractivity contribution in [1.29, 1.82) is 0 Å². The van der Waals surface area contributed by atoms with E-state index in [4.69, 9.17) is 10.5 Å². The van der Waals surface area contributed by atoms with Crippen molar-refractivity contribution in [2.45, 2.75) is 6.42 Å². The molecule has 1 amide bonds. The van der Waals surface area contributed by atoms with Crippen LogP contribution in [-0.4, -0.2) is 39.5 Å². The van der Waals surface area contributed by atoms with Crippen molar-refractivity contribution < 1.29 is 9.53 Å². The highest BCUT2D eigenvalue weighted by Crippen LogP contribution is 2.25. The first kappa shape index (κ1) is 20.4. The van der Waals surface area contributed by atoms with Crippen LogP contribution >= 0.6 is 0 Å². The maximum absolute atomic E-state index is 11.6. The molecule has 5 rings (SSSR count). The molecule has 2 aromatic carbocycles. The Kier molecular flexibility index (Phi) is 5.27. The monoisotopic (exact) mass is 441 g/mol. The second kappa shape index (κ2) is 8.54. The molecule has 0 saturated heterocycles. The zero-order valence-electron chi connectivity index (χ0n) is 18.0. The number of ether oxygens (including phenoxy) is 1. The number of nitrogens with two attached hydrogens (primary N) is 1. The fourth-order valence-corrected chi connectivity index (χ4v) is 3.86. The molecule has 0 aliphatic heterocycles. The largest absolute Gasteiger partial charge is 0.497 e. The molecule has 0 saturated carbocycles. The first-order chi connectivity index (χ1) is 16.1. The third kappa shape index (κ3) is 4.16. The van der Waals surface area contributed by atoms with E-state index in [-0.39, 0.29) is 0 Å². The summed E-state index contributed by atoms with van der Waals surface area (Å²) in [7, 11) is 1.67. The number of primary amides is 1. The molecule has 0 radical (unpaired) electrons. The standard InChI is InChI=1S/C24H23N7O2/c1-33-16-3-5-20-17(11-16)14(12-28-20)6-8-26-24-27-9-7-22(31-24)30-15-2-4-21-18(10-15)19(13-29-21)23(25)32/h2-5,7,9-13,28-29H,6,8H2,1H3,(H2,25,32)(H2,26,27,30,31). The van der Waals surface area contributed by atoms with Crippen LogP contribution in [0.15, 0.2) is 61.1 Å². The van der Waals surface area contributed by atoms with Crippen molar-refractivity contribution in [2.75, 3.05) is 24.3 Å². The van der Waals surface area contributed by atoms with Crippen molar-refractivity contribution in [3.63, 3.8) is 0 Å². The average Bonchev–Trinajstić information content (AvgIpc) is 3.43. The Bertz CT molecular complexity index is 1450. The molecule has 3 aromatic heterocycles. The molecule has 166 valence electrons. The number of aromatic nitrogens is 4. The smallest absolute Gasteiger partial charge is 0.250 e. The molecule has 0 atom stereocenters. The van der Waals surface area contributed by atoms with Crippen LogP contribution in [0.1, 0.15) is 15.9 Å². The molecule has 0 aliphatic rings. The molecule has 9 heteroatoms. The fraction of sp³-hybridized carbons (Fsp3) is 0.125. The number of rotatable bonds is 8. The number of fused-ring (bicyclic) bond motifs is 2. The lowest BCUT2D eigenvalue weighted by Crippen LogP contribution is -2.10. The highest BCUT2D eigenvalue weighted by atomic mass is 16.5. The van der Waals surface area contributed by atoms with Gasteiger partial charge in [0.25, 0.3) is 5.91 Å². The Morgan fingerprint density at radius 1 is 1.06 bits per heavy atom. The normalized spacial score (nSPS) is 11.1. The number of methoxy groups -OCH3 is 1. The van der Waals surface area contributed by atoms with Crippen molar-refractivity contribution in [3.8, 4) is 5.75 Å². The van der Waals surface area contributed by atoms with Crippen LogP contribution in [-0.2, 0) is 6.42 Å². The van der Waals surface area contributed by atoms with Gasteiger partial charge >= 0.3 is 0 Å². The minimum Gasteiger partial charge on any atom is -0.497 e. The van der Waals surface area contributed by atoms with Crippen LogP contribution in [0.3, 0.4) is 0 Å². The van der Waals surface area contributed by atoms with Crippen molar-refractivity contribution in [1.82, 2.24) is 19.9 Å². The topological polar surface area (TPSA) is 134 Å². The van der Waals surface area contributed by atoms with E-state index in [1.54, 1.807) is 25.6 Å². The summed E-state index contributed by atoms with van der Waals surface area (Å²) in [5, 5.41) is 8.44. The predicted molar refractivity (Wildman–Crippen MR) is 129 cm³/mol. The number of aromatic amines is 2. The van der Waals surface area contributed by atoms with Crippen LogP contribution in [0.5, 0.6) is 5.75 Å². The average molecular weight is 441 g/mol. The first-order valence-electron chi connectivity index (χ1n) is 10.5. The zero-order valence-corrected chi connectivity index (χ0v) is 18.0. The van der Waals surface area contributed by atoms with Gasteiger partial charge in [0.1, 0.15) is 11.6 Å². The van der Waals surface area contributed by atoms with Crippen LogP contribution in [0.25, 0.3) is 21.8 Å². The Hall–Kier alpha value is -4.53. The van der Waals surface area contributed by atoms with E-state index < -0.39 is 5.91 Å². The summed E-state index contributed by atoms with van der Waals surface area (Å²) < 4.78 is 5.34. The summed E-state index contributed by atoms with van der Waals surface area (Å²) in [6.07, 6.45) is 6.13. The van der Waals surface area contributed by atoms with E-state index in [1.807, 2.05) is 42.6 Å². The maximum Gasteiger partial charge on any atom is 0.250 e. The summed E-state index contributed by atoms with van der Waals surface area (Å²) in [6.45, 7) is 0.672. The van der Waals surface area contributed by atoms with Gasteiger partial charge in [-0.1, -0.05) is 0 Å². The molecule has 9 nitrogen and oxygen atoms in total. The molecule has 5 aromatic rings. The lowest BCUT2D eigenvalue weighted by atomic mass is 10.1. The van der Waals surface area contributed by atoms with Crippen LogP contribution in [0.2, 0.25) is 0 Å². The van der Waals surface area contributed by atoms with Gasteiger partial charge in [-0.2, -0.15) is 4.98 Å². The van der Waals surface area contributed by atoms with Gasteiger partial charge in [0, 0.05) is 52.6 Å². The number of carbonyl (C=O) groups is 1. The highest BCUT2D eigenvalue weighted by Gasteiger charge is 2.10. The summed E-state index contributed by atoms with van der Waals surface area (Å²) >= 11 is 0. The second-order valence-electron chi connectivity index (χ2n) is 7.62. The van der Waals surface area contributed by atoms with Gasteiger partial charge < -0.3 is 31.1 Å². The first-order valence-corrected chi connectivity index (χ1v) is 10.5. The third-order valence-corrected chi connectivity index (χ3v) is 5.53. The highest BCUT2D eigenvalue weighted by molar-refractivity contribution is 6.06. The predicted octanol–water partition coefficient (Wildman–Crippen LogP) is 3.94. The van der Waals surface area contributed by atoms with Gasteiger partial charge in [0.05, 0.1) is 12.7 Å². The number of hydrogen-bond donors (Lipinski definition) is 5. The number of benzene rings is 2. The molecule has 0 fully saturated rings. The van der Waals surface area contributed by atoms with Gasteiger partial charge in [-0.05, 0) is 54.4 Å². The zero-order chi connectivity index (χ0) is 22.8. The van der Waals surface area contributed by atoms with Gasteiger partial charge in [0.15, 0.2) is 0 Å². The Labute approximate surface area is 189 Å². The Morgan fingerprint density at radius 3 is 2.73 bits per heavy atom. The number of anilines is 3. The number of nitrogens with one attached hydrogen (secondary N) is 4. The summed E-state index contributed by atoms with van der Waals surface area (Å²) in [5.41, 5.74) is 9.81. The third-order valence-electron chi connectivity index (χ3n) is 5.53. The lowest BCUT2D eigenvalue weighted by molar-refractivity contribution is 0.100. The number of hydrogen-bond acceptors (Lipinski definition) is 6. The van der Waals surface area contributed by atoms with E-state index in [0.717, 1.165) is 39.7 Å². The number of carbonyl (C=O) groups excluding carboxylic acids is 1. The van der Waals surface area contributed by atoms with Crippen LogP contribution < -0.4 is 21.1 Å². The number of nitrogens with zero attached hydrogens (tertiary/aromatic N) is 2. The Morgan fingerprint density at radius 2 is 1.88 bits per heavy atom. The molecule has 33 heavy (non-hydrogen) atoms. The van der Waals surface area contributed by atoms with Crippen LogP contribution in [0, 0.1) is 0 Å². The SMILES string of the molecule is COc1ccc2[nH]cc(CCNc3nccc(Nc4ccc5[nH]cc(C(N)=O)c5c4)n3)c2c1. The van der Waals surface area contributed by atoms with Crippen LogP contribution in [0.4, 0.5) is 17.5 Å². The molecule has 0 bridgehead atoms. The summed E-state index contributed by atoms with van der Waals surface area (Å²) in [6, 6.07) is 13.4. The number of H-pyrrole nitrogens is 2. The number of amides is 1. The van der Waals surface area contributed by atoms with Gasteiger partial charge in [-0.25, -0.2) is 4.98 Å². The van der Waals surface area contributed by atoms with E-state index in [1.165, 1.54) is 5.56 Å². The fourth-order valence-electron chi connectivity index (χ4n) is 3.86. The maximum atomic E-state index is 11.6. The van der Waals surface area contributed by atoms with E-state index in [0.29, 0.717) is 23.9 Å².